The Morgan fingerprint density at radius 3 is 0.667 bits per heavy atom. The third-order valence-electron chi connectivity index (χ3n) is 18.3. The molecular weight excluding hydrogens is 1730 g/mol. The molecule has 6 unspecified atom stereocenters. The summed E-state index contributed by atoms with van der Waals surface area (Å²) in [5.74, 6) is 2.36. The van der Waals surface area contributed by atoms with Crippen molar-refractivity contribution in [2.24, 2.45) is 0 Å². The highest BCUT2D eigenvalue weighted by molar-refractivity contribution is 5.80. The van der Waals surface area contributed by atoms with Crippen molar-refractivity contribution in [1.82, 2.24) is 16.0 Å². The van der Waals surface area contributed by atoms with E-state index in [1.165, 1.54) is 0 Å². The molecule has 24 atom stereocenters. The molecule has 129 heavy (non-hydrogen) atoms. The van der Waals surface area contributed by atoms with Crippen molar-refractivity contribution in [3.05, 3.63) is 180 Å². The van der Waals surface area contributed by atoms with Gasteiger partial charge in [0.15, 0.2) is 18.9 Å². The van der Waals surface area contributed by atoms with Crippen LogP contribution in [0, 0.1) is 0 Å². The quantitative estimate of drug-likeness (QED) is 0.0166. The number of benzene rings is 6. The number of hydrogen-bond acceptors (Lipinski definition) is 27. The highest BCUT2D eigenvalue weighted by atomic mass is 19.2. The fraction of sp³-hybridized carbons (Fsp3) is 0.567. The molecule has 39 heteroatoms. The number of aliphatic hydroxyl groups excluding tert-OH is 15. The van der Waals surface area contributed by atoms with Gasteiger partial charge in [0.25, 0.3) is 0 Å². The Labute approximate surface area is 749 Å². The van der Waals surface area contributed by atoms with Crippen LogP contribution in [-0.4, -0.2) is 324 Å². The van der Waals surface area contributed by atoms with E-state index in [1.54, 1.807) is 93.6 Å². The van der Waals surface area contributed by atoms with Gasteiger partial charge < -0.3 is 135 Å². The van der Waals surface area contributed by atoms with E-state index in [9.17, 15) is 130 Å². The lowest BCUT2D eigenvalue weighted by molar-refractivity contribution is -0.300. The summed E-state index contributed by atoms with van der Waals surface area (Å²) in [4.78, 5) is 38.2. The molecule has 3 aliphatic heterocycles. The number of carbonyl (C=O) groups is 3. The van der Waals surface area contributed by atoms with Gasteiger partial charge in [0.05, 0.1) is 119 Å². The Kier molecular flexibility index (Phi) is 71.8. The number of para-hydroxylation sites is 3. The SMILES string of the molecule is CC.CC.CC.CC[C@@H](O)[C@@H](O)[C@H](CO[C@H]1OC(CF)[C@@H](O)[C@H](O)C1O)NC(=O)Cc1ccc(Oc2ccccc2)cc1.CC[C@@H](O)[C@@H](O)[C@H](CO[C@H]1OC(CF)[C@@H](O)[C@H](O)C1O)NC(=O)Cc1ccc(Oc2ccccc2)cc1.CC[C@@H](O)[C@@H](O)[C@H](CO[C@H]1OC(CF)[C@@H](O)[C@H](O)C1O)NC(=O)Cc1ccc(Oc2ccccc2)cc1.CF.CF.CF.CF.CF.CF. The van der Waals surface area contributed by atoms with Crippen molar-refractivity contribution < 1.29 is 173 Å². The Balaban J connectivity index is -0.00000169. The first-order valence-electron chi connectivity index (χ1n) is 41.5. The van der Waals surface area contributed by atoms with E-state index >= 15 is 0 Å². The number of halogens is 9. The van der Waals surface area contributed by atoms with Crippen LogP contribution in [0.4, 0.5) is 39.5 Å². The molecular formula is C90H138F9N3O27. The molecule has 3 heterocycles. The minimum absolute atomic E-state index is 0.0472. The zero-order chi connectivity index (χ0) is 98.8. The third-order valence-corrected chi connectivity index (χ3v) is 18.3. The predicted molar refractivity (Wildman–Crippen MR) is 465 cm³/mol. The van der Waals surface area contributed by atoms with Crippen molar-refractivity contribution in [2.75, 3.05) is 82.9 Å². The first-order valence-corrected chi connectivity index (χ1v) is 41.5. The van der Waals surface area contributed by atoms with Crippen molar-refractivity contribution in [3.8, 4) is 34.5 Å². The number of carbonyl (C=O) groups excluding carboxylic acids is 3. The van der Waals surface area contributed by atoms with Crippen LogP contribution in [0.5, 0.6) is 34.5 Å². The smallest absolute Gasteiger partial charge is 0.224 e. The van der Waals surface area contributed by atoms with Crippen LogP contribution in [0.25, 0.3) is 0 Å². The number of amides is 3. The molecule has 0 saturated carbocycles. The fourth-order valence-corrected chi connectivity index (χ4v) is 11.6. The van der Waals surface area contributed by atoms with E-state index in [-0.39, 0.29) is 38.5 Å². The highest BCUT2D eigenvalue weighted by Gasteiger charge is 2.48. The van der Waals surface area contributed by atoms with E-state index in [4.69, 9.17) is 42.6 Å². The molecule has 738 valence electrons. The molecule has 0 aliphatic carbocycles. The number of hydrogen-bond donors (Lipinski definition) is 18. The van der Waals surface area contributed by atoms with Gasteiger partial charge in [-0.1, -0.05) is 153 Å². The topological polar surface area (TPSA) is 474 Å². The maximum absolute atomic E-state index is 13.1. The third kappa shape index (κ3) is 44.6. The largest absolute Gasteiger partial charge is 0.457 e. The van der Waals surface area contributed by atoms with Gasteiger partial charge in [-0.15, -0.1) is 0 Å². The van der Waals surface area contributed by atoms with Gasteiger partial charge in [0.1, 0.15) is 146 Å². The molecule has 3 aliphatic rings. The summed E-state index contributed by atoms with van der Waals surface area (Å²) in [7, 11) is 3.00. The highest BCUT2D eigenvalue weighted by Crippen LogP contribution is 2.29. The summed E-state index contributed by atoms with van der Waals surface area (Å²) in [6, 6.07) is 44.9. The Bertz CT molecular complexity index is 3290. The molecule has 3 saturated heterocycles. The second-order valence-corrected chi connectivity index (χ2v) is 26.6. The van der Waals surface area contributed by atoms with E-state index in [0.29, 0.717) is 94.3 Å². The monoisotopic (exact) mass is 1860 g/mol. The van der Waals surface area contributed by atoms with Crippen molar-refractivity contribution in [1.29, 1.82) is 0 Å². The molecule has 9 rings (SSSR count). The first-order chi connectivity index (χ1) is 62.2. The maximum Gasteiger partial charge on any atom is 0.224 e. The van der Waals surface area contributed by atoms with Crippen molar-refractivity contribution in [3.63, 3.8) is 0 Å². The second kappa shape index (κ2) is 74.2. The lowest BCUT2D eigenvalue weighted by Gasteiger charge is -2.40. The standard InChI is InChI=1S/3C26H34FNO9.3C2H6.6CH3F/c3*1-2-19(29)22(31)18(14-35-26-25(34)24(33)23(32)20(13-27)37-26)28-21(30)12-15-8-10-17(11-9-15)36-16-6-4-3-5-7-16;9*1-2/h3*3-11,18-20,22-26,29,31-34H,2,12-14H2,1H3,(H,28,30);3*1-2H3;6*1H3/t3*18-,19+,20?,22-,23+,24-,25?,26-;;;;;;;;;/m000........./s1. The number of ether oxygens (including phenoxy) is 9. The Hall–Kier alpha value is -8.34. The van der Waals surface area contributed by atoms with Crippen LogP contribution in [0.15, 0.2) is 164 Å². The normalized spacial score (nSPS) is 23.0. The minimum atomic E-state index is -1.72. The van der Waals surface area contributed by atoms with Crippen LogP contribution in [0.2, 0.25) is 0 Å². The number of alkyl halides is 9. The number of nitrogens with one attached hydrogen (secondary N) is 3. The lowest BCUT2D eigenvalue weighted by Crippen LogP contribution is -2.60. The first kappa shape index (κ1) is 125. The lowest BCUT2D eigenvalue weighted by atomic mass is 9.99. The van der Waals surface area contributed by atoms with Gasteiger partial charge in [0, 0.05) is 0 Å². The Morgan fingerprint density at radius 1 is 0.302 bits per heavy atom. The van der Waals surface area contributed by atoms with Crippen LogP contribution in [0.3, 0.4) is 0 Å². The van der Waals surface area contributed by atoms with Gasteiger partial charge in [-0.2, -0.15) is 0 Å². The fourth-order valence-electron chi connectivity index (χ4n) is 11.6. The van der Waals surface area contributed by atoms with Crippen molar-refractivity contribution >= 4 is 17.7 Å². The van der Waals surface area contributed by atoms with Gasteiger partial charge in [-0.25, -0.2) is 13.2 Å². The van der Waals surface area contributed by atoms with Crippen LogP contribution in [0.1, 0.15) is 98.3 Å². The van der Waals surface area contributed by atoms with Crippen molar-refractivity contribution in [2.45, 2.75) is 248 Å². The Morgan fingerprint density at radius 2 is 0.488 bits per heavy atom. The molecule has 0 radical (unpaired) electrons. The van der Waals surface area contributed by atoms with E-state index in [0.717, 1.165) is 0 Å². The summed E-state index contributed by atoms with van der Waals surface area (Å²) in [5.41, 5.74) is 1.99. The molecule has 6 aromatic carbocycles. The summed E-state index contributed by atoms with van der Waals surface area (Å²) >= 11 is 0. The van der Waals surface area contributed by atoms with Gasteiger partial charge in [-0.05, 0) is 109 Å². The van der Waals surface area contributed by atoms with E-state index in [1.807, 2.05) is 133 Å². The summed E-state index contributed by atoms with van der Waals surface area (Å²) < 4.78 is 145. The van der Waals surface area contributed by atoms with Gasteiger partial charge in [0.2, 0.25) is 17.7 Å². The van der Waals surface area contributed by atoms with Crippen LogP contribution >= 0.6 is 0 Å². The molecule has 3 fully saturated rings. The molecule has 0 aromatic heterocycles. The molecule has 18 N–H and O–H groups in total. The van der Waals surface area contributed by atoms with E-state index in [2.05, 4.69) is 16.0 Å². The van der Waals surface area contributed by atoms with Crippen LogP contribution < -0.4 is 30.2 Å². The number of rotatable bonds is 36. The van der Waals surface area contributed by atoms with E-state index < -0.39 is 204 Å². The molecule has 0 bridgehead atoms. The molecule has 3 amide bonds. The maximum atomic E-state index is 13.1. The van der Waals surface area contributed by atoms with Crippen LogP contribution in [-0.2, 0) is 62.1 Å². The molecule has 6 aromatic rings. The molecule has 30 nitrogen and oxygen atoms in total. The average molecular weight is 1870 g/mol. The zero-order valence-corrected chi connectivity index (χ0v) is 75.4. The zero-order valence-electron chi connectivity index (χ0n) is 75.4. The minimum Gasteiger partial charge on any atom is -0.457 e. The number of aliphatic hydroxyl groups is 15. The van der Waals surface area contributed by atoms with Gasteiger partial charge in [-0.3, -0.25) is 40.7 Å². The average Bonchev–Trinajstić information content (AvgIpc) is 0.821. The summed E-state index contributed by atoms with van der Waals surface area (Å²) in [5, 5.41) is 159. The summed E-state index contributed by atoms with van der Waals surface area (Å²) in [6.45, 7) is 12.2. The molecule has 0 spiro atoms. The summed E-state index contributed by atoms with van der Waals surface area (Å²) in [6.07, 6.45) is -31.4. The second-order valence-electron chi connectivity index (χ2n) is 26.6. The predicted octanol–water partition coefficient (Wildman–Crippen LogP) is 7.89. The van der Waals surface area contributed by atoms with Gasteiger partial charge >= 0.3 is 0 Å².